The Labute approximate surface area is 309 Å². The van der Waals surface area contributed by atoms with Gasteiger partial charge < -0.3 is 40.3 Å². The van der Waals surface area contributed by atoms with Crippen molar-refractivity contribution in [3.63, 3.8) is 0 Å². The van der Waals surface area contributed by atoms with Crippen molar-refractivity contribution in [1.82, 2.24) is 25.8 Å². The number of aliphatic carboxylic acids is 1. The summed E-state index contributed by atoms with van der Waals surface area (Å²) in [6.45, 7) is 17.5. The van der Waals surface area contributed by atoms with Crippen LogP contribution in [0.3, 0.4) is 0 Å². The zero-order valence-electron chi connectivity index (χ0n) is 33.4. The molecule has 1 aromatic rings. The fraction of sp³-hybridized carbons (Fsp3) is 0.684. The molecule has 0 aromatic heterocycles. The lowest BCUT2D eigenvalue weighted by Crippen LogP contribution is -2.61. The van der Waals surface area contributed by atoms with Crippen LogP contribution >= 0.6 is 0 Å². The molecule has 0 saturated carbocycles. The molecule has 0 fully saturated rings. The predicted molar refractivity (Wildman–Crippen MR) is 198 cm³/mol. The summed E-state index contributed by atoms with van der Waals surface area (Å²) in [5.41, 5.74) is -0.769. The lowest BCUT2D eigenvalue weighted by Gasteiger charge is -2.37. The topological polar surface area (TPSA) is 184 Å². The number of benzene rings is 1. The molecule has 0 aliphatic heterocycles. The molecule has 0 heterocycles. The molecule has 0 radical (unpaired) electrons. The quantitative estimate of drug-likeness (QED) is 0.154. The molecule has 1 aromatic carbocycles. The number of carboxylic acid groups (broad SMARTS) is 1. The Morgan fingerprint density at radius 2 is 1.37 bits per heavy atom. The average Bonchev–Trinajstić information content (AvgIpc) is 3.03. The van der Waals surface area contributed by atoms with E-state index < -0.39 is 83.4 Å². The van der Waals surface area contributed by atoms with E-state index in [1.807, 2.05) is 52.8 Å². The molecule has 14 heteroatoms. The SMILES string of the molecule is CC[C@H](C)[C@H](NC)C(=O)N[C@@H](COC(C)(C)C)C(=O)N(C)[C@@H](Cc1ccccc1)C(=O)N(C)[C@H](C(=O)N[C@@H](CC(=O)OC(C)(C)C)C(=O)O)C(C)C. The van der Waals surface area contributed by atoms with Crippen molar-refractivity contribution in [3.05, 3.63) is 35.9 Å². The first-order chi connectivity index (χ1) is 23.9. The third-order valence-electron chi connectivity index (χ3n) is 8.55. The summed E-state index contributed by atoms with van der Waals surface area (Å²) >= 11 is 0. The molecule has 4 N–H and O–H groups in total. The third-order valence-corrected chi connectivity index (χ3v) is 8.55. The first kappa shape index (κ1) is 46.0. The Morgan fingerprint density at radius 3 is 1.83 bits per heavy atom. The number of esters is 1. The fourth-order valence-electron chi connectivity index (χ4n) is 5.61. The maximum atomic E-state index is 14.5. The molecule has 0 unspecified atom stereocenters. The molecule has 1 rings (SSSR count). The molecular weight excluding hydrogens is 670 g/mol. The molecule has 0 aliphatic carbocycles. The van der Waals surface area contributed by atoms with Gasteiger partial charge in [-0.1, -0.05) is 64.4 Å². The maximum absolute atomic E-state index is 14.5. The number of hydrogen-bond acceptors (Lipinski definition) is 9. The van der Waals surface area contributed by atoms with Crippen molar-refractivity contribution in [2.24, 2.45) is 11.8 Å². The van der Waals surface area contributed by atoms with Gasteiger partial charge in [0.15, 0.2) is 0 Å². The van der Waals surface area contributed by atoms with Gasteiger partial charge in [0, 0.05) is 20.5 Å². The van der Waals surface area contributed by atoms with Crippen molar-refractivity contribution in [1.29, 1.82) is 0 Å². The molecule has 4 amide bonds. The Bertz CT molecular complexity index is 1360. The second-order valence-corrected chi connectivity index (χ2v) is 15.6. The van der Waals surface area contributed by atoms with Gasteiger partial charge in [-0.3, -0.25) is 24.0 Å². The van der Waals surface area contributed by atoms with Crippen LogP contribution in [0.5, 0.6) is 0 Å². The van der Waals surface area contributed by atoms with Gasteiger partial charge in [-0.25, -0.2) is 4.79 Å². The monoisotopic (exact) mass is 733 g/mol. The van der Waals surface area contributed by atoms with Crippen LogP contribution in [-0.4, -0.2) is 120 Å². The first-order valence-electron chi connectivity index (χ1n) is 17.9. The number of nitrogens with zero attached hydrogens (tertiary/aromatic N) is 2. The number of hydrogen-bond donors (Lipinski definition) is 4. The maximum Gasteiger partial charge on any atom is 0.326 e. The standard InChI is InChI=1S/C38H63N5O9/c1-14-24(4)30(39-11)32(45)41-27(22-51-37(5,6)7)34(47)42(12)28(20-25-18-16-15-17-19-25)35(48)43(13)31(23(2)3)33(46)40-26(36(49)50)21-29(44)52-38(8,9)10/h15-19,23-24,26-28,30-31,39H,14,20-22H2,1-13H3,(H,40,46)(H,41,45)(H,49,50)/t24-,26-,27-,28-,30-,31-/m0/s1. The van der Waals surface area contributed by atoms with Crippen LogP contribution in [0.2, 0.25) is 0 Å². The molecule has 294 valence electrons. The van der Waals surface area contributed by atoms with E-state index in [-0.39, 0.29) is 24.9 Å². The summed E-state index contributed by atoms with van der Waals surface area (Å²) < 4.78 is 11.2. The van der Waals surface area contributed by atoms with Gasteiger partial charge in [-0.2, -0.15) is 0 Å². The number of likely N-dealkylation sites (N-methyl/N-ethyl adjacent to an activating group) is 3. The van der Waals surface area contributed by atoms with Crippen LogP contribution in [0, 0.1) is 11.8 Å². The number of amides is 4. The van der Waals surface area contributed by atoms with Crippen LogP contribution in [0.15, 0.2) is 30.3 Å². The fourth-order valence-corrected chi connectivity index (χ4v) is 5.61. The van der Waals surface area contributed by atoms with Crippen LogP contribution < -0.4 is 16.0 Å². The highest BCUT2D eigenvalue weighted by molar-refractivity contribution is 5.96. The van der Waals surface area contributed by atoms with Gasteiger partial charge in [-0.15, -0.1) is 0 Å². The van der Waals surface area contributed by atoms with Crippen LogP contribution in [0.4, 0.5) is 0 Å². The largest absolute Gasteiger partial charge is 0.480 e. The van der Waals surface area contributed by atoms with Crippen molar-refractivity contribution < 1.29 is 43.3 Å². The molecule has 52 heavy (non-hydrogen) atoms. The van der Waals surface area contributed by atoms with Crippen molar-refractivity contribution in [3.8, 4) is 0 Å². The molecular formula is C38H63N5O9. The molecule has 0 saturated heterocycles. The van der Waals surface area contributed by atoms with E-state index in [4.69, 9.17) is 9.47 Å². The van der Waals surface area contributed by atoms with Crippen LogP contribution in [0.25, 0.3) is 0 Å². The van der Waals surface area contributed by atoms with Gasteiger partial charge in [-0.05, 0) is 66.0 Å². The van der Waals surface area contributed by atoms with Gasteiger partial charge in [0.05, 0.1) is 24.7 Å². The number of rotatable bonds is 19. The molecule has 14 nitrogen and oxygen atoms in total. The normalized spacial score (nSPS) is 15.3. The summed E-state index contributed by atoms with van der Waals surface area (Å²) in [5, 5.41) is 18.1. The first-order valence-corrected chi connectivity index (χ1v) is 17.9. The minimum atomic E-state index is -1.61. The van der Waals surface area contributed by atoms with Crippen LogP contribution in [0.1, 0.15) is 87.6 Å². The third kappa shape index (κ3) is 14.9. The van der Waals surface area contributed by atoms with E-state index in [1.54, 1.807) is 53.8 Å². The zero-order valence-corrected chi connectivity index (χ0v) is 33.4. The van der Waals surface area contributed by atoms with Crippen molar-refractivity contribution in [2.75, 3.05) is 27.7 Å². The molecule has 0 spiro atoms. The van der Waals surface area contributed by atoms with E-state index in [0.717, 1.165) is 5.56 Å². The second kappa shape index (κ2) is 20.3. The number of carbonyl (C=O) groups is 6. The number of ether oxygens (including phenoxy) is 2. The summed E-state index contributed by atoms with van der Waals surface area (Å²) in [7, 11) is 4.55. The molecule has 0 bridgehead atoms. The minimum absolute atomic E-state index is 0.0351. The Morgan fingerprint density at radius 1 is 0.808 bits per heavy atom. The highest BCUT2D eigenvalue weighted by atomic mass is 16.6. The minimum Gasteiger partial charge on any atom is -0.480 e. The van der Waals surface area contributed by atoms with E-state index in [0.29, 0.717) is 6.42 Å². The zero-order chi connectivity index (χ0) is 40.1. The van der Waals surface area contributed by atoms with E-state index in [9.17, 15) is 33.9 Å². The second-order valence-electron chi connectivity index (χ2n) is 15.6. The van der Waals surface area contributed by atoms with Gasteiger partial charge in [0.2, 0.25) is 23.6 Å². The molecule has 6 atom stereocenters. The predicted octanol–water partition coefficient (Wildman–Crippen LogP) is 2.77. The van der Waals surface area contributed by atoms with E-state index >= 15 is 0 Å². The number of nitrogens with one attached hydrogen (secondary N) is 3. The molecule has 0 aliphatic rings. The van der Waals surface area contributed by atoms with Gasteiger partial charge in [0.25, 0.3) is 0 Å². The Hall–Kier alpha value is -4.04. The Kier molecular flexibility index (Phi) is 17.9. The number of carbonyl (C=O) groups excluding carboxylic acids is 5. The average molecular weight is 734 g/mol. The number of carboxylic acids is 1. The smallest absolute Gasteiger partial charge is 0.326 e. The van der Waals surface area contributed by atoms with E-state index in [1.165, 1.54) is 23.9 Å². The lowest BCUT2D eigenvalue weighted by molar-refractivity contribution is -0.159. The van der Waals surface area contributed by atoms with Gasteiger partial charge >= 0.3 is 11.9 Å². The van der Waals surface area contributed by atoms with Crippen LogP contribution in [-0.2, 0) is 44.7 Å². The highest BCUT2D eigenvalue weighted by Crippen LogP contribution is 2.19. The Balaban J connectivity index is 3.55. The summed E-state index contributed by atoms with van der Waals surface area (Å²) in [5.74, 6) is -5.14. The van der Waals surface area contributed by atoms with Gasteiger partial charge in [0.1, 0.15) is 29.8 Å². The van der Waals surface area contributed by atoms with Crippen molar-refractivity contribution in [2.45, 2.75) is 130 Å². The lowest BCUT2D eigenvalue weighted by atomic mass is 9.97. The summed E-state index contributed by atoms with van der Waals surface area (Å²) in [4.78, 5) is 83.0. The highest BCUT2D eigenvalue weighted by Gasteiger charge is 2.40. The summed E-state index contributed by atoms with van der Waals surface area (Å²) in [6, 6.07) is 3.38. The summed E-state index contributed by atoms with van der Waals surface area (Å²) in [6.07, 6.45) is 0.167. The van der Waals surface area contributed by atoms with E-state index in [2.05, 4.69) is 16.0 Å². The van der Waals surface area contributed by atoms with Crippen molar-refractivity contribution >= 4 is 35.6 Å².